The second kappa shape index (κ2) is 8.37. The van der Waals surface area contributed by atoms with Gasteiger partial charge in [0, 0.05) is 23.6 Å². The second-order valence-electron chi connectivity index (χ2n) is 6.20. The zero-order chi connectivity index (χ0) is 20.3. The Hall–Kier alpha value is -2.97. The topological polar surface area (TPSA) is 102 Å². The first kappa shape index (κ1) is 19.8. The molecule has 0 bridgehead atoms. The molecule has 28 heavy (non-hydrogen) atoms. The number of rotatable bonds is 7. The fraction of sp³-hybridized carbons (Fsp3) is 0.250. The number of carbonyl (C=O) groups excluding carboxylic acids is 1. The molecular weight excluding hydrogens is 380 g/mol. The number of thiazole rings is 1. The average molecular weight is 400 g/mol. The summed E-state index contributed by atoms with van der Waals surface area (Å²) in [4.78, 5) is 29.5. The van der Waals surface area contributed by atoms with Crippen LogP contribution in [0.5, 0.6) is 11.5 Å². The Kier molecular flexibility index (Phi) is 5.91. The van der Waals surface area contributed by atoms with Crippen molar-refractivity contribution in [2.45, 2.75) is 26.4 Å². The standard InChI is InChI=1S/C20H20N2O5S/c1-11-8-16(23)19(25)20(27-11)17(21-9-14-10-28-12(2)22-14)18(24)13-4-6-15(26-3)7-5-13/h4-8,10,17,21,25H,9H2,1-3H3. The molecule has 0 aliphatic carbocycles. The maximum absolute atomic E-state index is 13.2. The predicted molar refractivity (Wildman–Crippen MR) is 105 cm³/mol. The largest absolute Gasteiger partial charge is 0.502 e. The summed E-state index contributed by atoms with van der Waals surface area (Å²) in [6.45, 7) is 3.75. The smallest absolute Gasteiger partial charge is 0.227 e. The molecule has 0 radical (unpaired) electrons. The fourth-order valence-corrected chi connectivity index (χ4v) is 3.36. The number of ketones is 1. The second-order valence-corrected chi connectivity index (χ2v) is 7.26. The Morgan fingerprint density at radius 1 is 1.32 bits per heavy atom. The van der Waals surface area contributed by atoms with Crippen molar-refractivity contribution in [1.82, 2.24) is 10.3 Å². The first-order valence-corrected chi connectivity index (χ1v) is 9.43. The van der Waals surface area contributed by atoms with Gasteiger partial charge in [0.1, 0.15) is 17.6 Å². The van der Waals surface area contributed by atoms with Gasteiger partial charge in [-0.1, -0.05) is 0 Å². The van der Waals surface area contributed by atoms with E-state index in [1.807, 2.05) is 12.3 Å². The molecule has 0 fully saturated rings. The molecule has 8 heteroatoms. The third kappa shape index (κ3) is 4.29. The van der Waals surface area contributed by atoms with Gasteiger partial charge in [-0.3, -0.25) is 14.9 Å². The van der Waals surface area contributed by atoms with Crippen molar-refractivity contribution in [2.24, 2.45) is 0 Å². The summed E-state index contributed by atoms with van der Waals surface area (Å²) >= 11 is 1.50. The van der Waals surface area contributed by atoms with E-state index in [0.717, 1.165) is 10.7 Å². The van der Waals surface area contributed by atoms with Crippen LogP contribution in [0.25, 0.3) is 0 Å². The minimum absolute atomic E-state index is 0.113. The van der Waals surface area contributed by atoms with E-state index in [9.17, 15) is 14.7 Å². The van der Waals surface area contributed by atoms with Crippen molar-refractivity contribution >= 4 is 17.1 Å². The van der Waals surface area contributed by atoms with Gasteiger partial charge in [-0.15, -0.1) is 11.3 Å². The Morgan fingerprint density at radius 3 is 2.64 bits per heavy atom. The molecule has 0 saturated carbocycles. The van der Waals surface area contributed by atoms with E-state index in [2.05, 4.69) is 10.3 Å². The summed E-state index contributed by atoms with van der Waals surface area (Å²) in [6.07, 6.45) is 0. The number of nitrogens with zero attached hydrogens (tertiary/aromatic N) is 1. The minimum Gasteiger partial charge on any atom is -0.502 e. The molecule has 3 aromatic rings. The molecule has 0 aliphatic rings. The summed E-state index contributed by atoms with van der Waals surface area (Å²) < 4.78 is 10.7. The molecule has 0 amide bonds. The number of aromatic nitrogens is 1. The van der Waals surface area contributed by atoms with Gasteiger partial charge in [0.15, 0.2) is 11.5 Å². The number of methoxy groups -OCH3 is 1. The summed E-state index contributed by atoms with van der Waals surface area (Å²) in [5.74, 6) is -0.128. The van der Waals surface area contributed by atoms with E-state index in [0.29, 0.717) is 17.1 Å². The van der Waals surface area contributed by atoms with E-state index >= 15 is 0 Å². The van der Waals surface area contributed by atoms with Crippen LogP contribution in [-0.2, 0) is 6.54 Å². The molecule has 3 rings (SSSR count). The third-order valence-corrected chi connectivity index (χ3v) is 4.95. The van der Waals surface area contributed by atoms with Crippen LogP contribution in [0.15, 0.2) is 44.9 Å². The average Bonchev–Trinajstić information content (AvgIpc) is 3.10. The van der Waals surface area contributed by atoms with Crippen molar-refractivity contribution in [2.75, 3.05) is 7.11 Å². The van der Waals surface area contributed by atoms with Gasteiger partial charge in [0.05, 0.1) is 17.8 Å². The van der Waals surface area contributed by atoms with Gasteiger partial charge in [0.2, 0.25) is 11.2 Å². The highest BCUT2D eigenvalue weighted by Crippen LogP contribution is 2.27. The van der Waals surface area contributed by atoms with Crippen LogP contribution in [0, 0.1) is 13.8 Å². The normalized spacial score (nSPS) is 12.0. The maximum atomic E-state index is 13.2. The Bertz CT molecular complexity index is 1040. The van der Waals surface area contributed by atoms with Gasteiger partial charge >= 0.3 is 0 Å². The lowest BCUT2D eigenvalue weighted by Gasteiger charge is -2.18. The summed E-state index contributed by atoms with van der Waals surface area (Å²) in [5.41, 5.74) is 0.540. The van der Waals surface area contributed by atoms with Crippen molar-refractivity contribution in [3.05, 3.63) is 73.7 Å². The molecule has 2 heterocycles. The Labute approximate surface area is 165 Å². The van der Waals surface area contributed by atoms with E-state index in [1.54, 1.807) is 31.2 Å². The van der Waals surface area contributed by atoms with Crippen LogP contribution in [-0.4, -0.2) is 23.0 Å². The number of hydrogen-bond acceptors (Lipinski definition) is 8. The van der Waals surface area contributed by atoms with Crippen LogP contribution in [0.4, 0.5) is 0 Å². The van der Waals surface area contributed by atoms with Crippen LogP contribution >= 0.6 is 11.3 Å². The van der Waals surface area contributed by atoms with E-state index in [4.69, 9.17) is 9.15 Å². The lowest BCUT2D eigenvalue weighted by Crippen LogP contribution is -2.29. The zero-order valence-corrected chi connectivity index (χ0v) is 16.5. The molecule has 2 aromatic heterocycles. The number of benzene rings is 1. The molecular formula is C20H20N2O5S. The number of Topliss-reactive ketones (excluding diaryl/α,β-unsaturated/α-hetero) is 1. The van der Waals surface area contributed by atoms with Crippen molar-refractivity contribution < 1.29 is 19.1 Å². The first-order chi connectivity index (χ1) is 13.4. The molecule has 1 atom stereocenters. The quantitative estimate of drug-likeness (QED) is 0.588. The minimum atomic E-state index is -1.05. The zero-order valence-electron chi connectivity index (χ0n) is 15.7. The molecule has 0 saturated heterocycles. The van der Waals surface area contributed by atoms with Crippen LogP contribution in [0.2, 0.25) is 0 Å². The van der Waals surface area contributed by atoms with Crippen LogP contribution < -0.4 is 15.5 Å². The van der Waals surface area contributed by atoms with Crippen molar-refractivity contribution in [1.29, 1.82) is 0 Å². The maximum Gasteiger partial charge on any atom is 0.227 e. The fourth-order valence-electron chi connectivity index (χ4n) is 2.74. The Morgan fingerprint density at radius 2 is 2.04 bits per heavy atom. The number of aromatic hydroxyl groups is 1. The van der Waals surface area contributed by atoms with Gasteiger partial charge in [-0.2, -0.15) is 0 Å². The molecule has 0 spiro atoms. The number of carbonyl (C=O) groups is 1. The number of ether oxygens (including phenoxy) is 1. The summed E-state index contributed by atoms with van der Waals surface area (Å²) in [6, 6.07) is 6.70. The Balaban J connectivity index is 1.97. The highest BCUT2D eigenvalue weighted by atomic mass is 32.1. The molecule has 2 N–H and O–H groups in total. The predicted octanol–water partition coefficient (Wildman–Crippen LogP) is 3.14. The van der Waals surface area contributed by atoms with Gasteiger partial charge < -0.3 is 14.3 Å². The highest BCUT2D eigenvalue weighted by Gasteiger charge is 2.28. The van der Waals surface area contributed by atoms with E-state index in [1.165, 1.54) is 24.5 Å². The number of hydrogen-bond donors (Lipinski definition) is 2. The van der Waals surface area contributed by atoms with Crippen LogP contribution in [0.3, 0.4) is 0 Å². The summed E-state index contributed by atoms with van der Waals surface area (Å²) in [7, 11) is 1.54. The SMILES string of the molecule is COc1ccc(C(=O)C(NCc2csc(C)n2)c2oc(C)cc(=O)c2O)cc1. The first-order valence-electron chi connectivity index (χ1n) is 8.55. The van der Waals surface area contributed by atoms with Gasteiger partial charge in [0.25, 0.3) is 0 Å². The van der Waals surface area contributed by atoms with Gasteiger partial charge in [-0.05, 0) is 38.1 Å². The lowest BCUT2D eigenvalue weighted by molar-refractivity contribution is 0.0925. The molecule has 146 valence electrons. The monoisotopic (exact) mass is 400 g/mol. The van der Waals surface area contributed by atoms with Gasteiger partial charge in [-0.25, -0.2) is 4.98 Å². The number of aryl methyl sites for hydroxylation is 2. The van der Waals surface area contributed by atoms with Crippen LogP contribution in [0.1, 0.15) is 38.6 Å². The van der Waals surface area contributed by atoms with E-state index in [-0.39, 0.29) is 18.1 Å². The molecule has 1 aromatic carbocycles. The lowest BCUT2D eigenvalue weighted by atomic mass is 10.0. The molecule has 0 aliphatic heterocycles. The molecule has 1 unspecified atom stereocenters. The van der Waals surface area contributed by atoms with E-state index < -0.39 is 17.2 Å². The highest BCUT2D eigenvalue weighted by molar-refractivity contribution is 7.09. The third-order valence-electron chi connectivity index (χ3n) is 4.12. The summed E-state index contributed by atoms with van der Waals surface area (Å²) in [5, 5.41) is 16.1. The molecule has 7 nitrogen and oxygen atoms in total. The van der Waals surface area contributed by atoms with Crippen molar-refractivity contribution in [3.8, 4) is 11.5 Å². The van der Waals surface area contributed by atoms with Crippen molar-refractivity contribution in [3.63, 3.8) is 0 Å². The number of nitrogens with one attached hydrogen (secondary N) is 1.